The predicted molar refractivity (Wildman–Crippen MR) is 90.6 cm³/mol. The summed E-state index contributed by atoms with van der Waals surface area (Å²) in [6.07, 6.45) is 3.41. The zero-order chi connectivity index (χ0) is 16.0. The number of aliphatic imine (C=N–C) groups is 1. The summed E-state index contributed by atoms with van der Waals surface area (Å²) in [4.78, 5) is 16.3. The van der Waals surface area contributed by atoms with Crippen molar-refractivity contribution in [3.8, 4) is 0 Å². The van der Waals surface area contributed by atoms with Gasteiger partial charge in [0.2, 0.25) is 0 Å². The number of Topliss-reactive ketones (excluding diaryl/α,β-unsaturated/α-hetero) is 1. The monoisotopic (exact) mass is 300 g/mol. The molecule has 0 unspecified atom stereocenters. The second-order valence-corrected chi connectivity index (χ2v) is 6.48. The maximum absolute atomic E-state index is 12.0. The number of hydrogen-bond donors (Lipinski definition) is 2. The van der Waals surface area contributed by atoms with Crippen molar-refractivity contribution >= 4 is 17.7 Å². The lowest BCUT2D eigenvalue weighted by atomic mass is 9.77. The van der Waals surface area contributed by atoms with Gasteiger partial charge in [-0.2, -0.15) is 0 Å². The zero-order valence-corrected chi connectivity index (χ0v) is 13.3. The number of anilines is 1. The number of ketones is 1. The molecule has 0 atom stereocenters. The van der Waals surface area contributed by atoms with Crippen LogP contribution in [0.3, 0.4) is 0 Å². The Morgan fingerprint density at radius 2 is 2.00 bits per heavy atom. The maximum Gasteiger partial charge on any atom is 0.168 e. The van der Waals surface area contributed by atoms with Gasteiger partial charge < -0.3 is 10.4 Å². The van der Waals surface area contributed by atoms with Gasteiger partial charge in [0.05, 0.1) is 5.57 Å². The lowest BCUT2D eigenvalue weighted by Crippen LogP contribution is -2.26. The molecule has 2 N–H and O–H groups in total. The van der Waals surface area contributed by atoms with Gasteiger partial charge in [-0.3, -0.25) is 9.79 Å². The number of carbonyl (C=O) groups is 1. The van der Waals surface area contributed by atoms with Gasteiger partial charge in [-0.15, -0.1) is 0 Å². The minimum Gasteiger partial charge on any atom is -0.511 e. The number of aliphatic hydroxyl groups excluding tert-OH is 1. The Morgan fingerprint density at radius 1 is 1.27 bits per heavy atom. The van der Waals surface area contributed by atoms with E-state index >= 15 is 0 Å². The normalized spacial score (nSPS) is 18.0. The molecule has 1 aliphatic rings. The summed E-state index contributed by atoms with van der Waals surface area (Å²) in [5, 5.41) is 13.3. The minimum atomic E-state index is -0.155. The van der Waals surface area contributed by atoms with Crippen molar-refractivity contribution in [3.63, 3.8) is 0 Å². The molecule has 0 radical (unpaired) electrons. The van der Waals surface area contributed by atoms with Crippen molar-refractivity contribution in [2.75, 3.05) is 18.4 Å². The van der Waals surface area contributed by atoms with Gasteiger partial charge in [-0.1, -0.05) is 32.0 Å². The summed E-state index contributed by atoms with van der Waals surface area (Å²) < 4.78 is 0. The molecule has 118 valence electrons. The second kappa shape index (κ2) is 7.25. The Morgan fingerprint density at radius 3 is 2.68 bits per heavy atom. The van der Waals surface area contributed by atoms with Crippen molar-refractivity contribution in [2.45, 2.75) is 33.1 Å². The lowest BCUT2D eigenvalue weighted by molar-refractivity contribution is -0.117. The van der Waals surface area contributed by atoms with Crippen LogP contribution in [0, 0.1) is 5.41 Å². The van der Waals surface area contributed by atoms with E-state index in [1.165, 1.54) is 6.21 Å². The Balaban J connectivity index is 1.77. The molecule has 0 aromatic heterocycles. The number of benzene rings is 1. The first kappa shape index (κ1) is 16.3. The topological polar surface area (TPSA) is 61.7 Å². The Kier molecular flexibility index (Phi) is 5.36. The summed E-state index contributed by atoms with van der Waals surface area (Å²) in [6.45, 7) is 5.44. The first-order chi connectivity index (χ1) is 10.5. The van der Waals surface area contributed by atoms with Gasteiger partial charge in [0, 0.05) is 37.8 Å². The van der Waals surface area contributed by atoms with E-state index in [0.29, 0.717) is 25.0 Å². The fourth-order valence-corrected chi connectivity index (χ4v) is 2.56. The third kappa shape index (κ3) is 4.72. The van der Waals surface area contributed by atoms with Crippen LogP contribution in [0.15, 0.2) is 46.7 Å². The van der Waals surface area contributed by atoms with Crippen molar-refractivity contribution in [1.82, 2.24) is 0 Å². The number of para-hydroxylation sites is 1. The van der Waals surface area contributed by atoms with Crippen LogP contribution in [0.5, 0.6) is 0 Å². The van der Waals surface area contributed by atoms with E-state index in [1.54, 1.807) is 0 Å². The van der Waals surface area contributed by atoms with Crippen molar-refractivity contribution in [2.24, 2.45) is 10.4 Å². The number of nitrogens with zero attached hydrogens (tertiary/aromatic N) is 1. The fraction of sp³-hybridized carbons (Fsp3) is 0.444. The molecule has 1 aromatic rings. The SMILES string of the molecule is CC1(C)CC(=O)C(C=NCCCNc2ccccc2)=C(O)C1. The molecule has 2 rings (SSSR count). The minimum absolute atomic E-state index is 0.0140. The number of allylic oxidation sites excluding steroid dienone is 2. The van der Waals surface area contributed by atoms with Crippen LogP contribution in [0.4, 0.5) is 5.69 Å². The highest BCUT2D eigenvalue weighted by Gasteiger charge is 2.32. The zero-order valence-electron chi connectivity index (χ0n) is 13.3. The molecule has 0 saturated heterocycles. The number of nitrogens with one attached hydrogen (secondary N) is 1. The van der Waals surface area contributed by atoms with Gasteiger partial charge >= 0.3 is 0 Å². The Labute approximate surface area is 132 Å². The molecule has 22 heavy (non-hydrogen) atoms. The number of aliphatic hydroxyl groups is 1. The van der Waals surface area contributed by atoms with Crippen LogP contribution in [0.2, 0.25) is 0 Å². The lowest BCUT2D eigenvalue weighted by Gasteiger charge is -2.28. The van der Waals surface area contributed by atoms with Crippen molar-refractivity contribution in [3.05, 3.63) is 41.7 Å². The Bertz CT molecular complexity index is 574. The summed E-state index contributed by atoms with van der Waals surface area (Å²) in [5.41, 5.74) is 1.32. The van der Waals surface area contributed by atoms with Gasteiger partial charge in [0.15, 0.2) is 5.78 Å². The highest BCUT2D eigenvalue weighted by molar-refractivity contribution is 6.14. The van der Waals surface area contributed by atoms with Gasteiger partial charge in [-0.05, 0) is 24.0 Å². The summed E-state index contributed by atoms with van der Waals surface area (Å²) in [5.74, 6) is 0.160. The molecule has 0 heterocycles. The molecular formula is C18H24N2O2. The number of rotatable bonds is 6. The van der Waals surface area contributed by atoms with E-state index in [4.69, 9.17) is 0 Å². The quantitative estimate of drug-likeness (QED) is 0.621. The van der Waals surface area contributed by atoms with E-state index < -0.39 is 0 Å². The third-order valence-electron chi connectivity index (χ3n) is 3.68. The third-order valence-corrected chi connectivity index (χ3v) is 3.68. The molecule has 1 aliphatic carbocycles. The highest BCUT2D eigenvalue weighted by Crippen LogP contribution is 2.35. The number of hydrogen-bond acceptors (Lipinski definition) is 4. The first-order valence-electron chi connectivity index (χ1n) is 7.72. The van der Waals surface area contributed by atoms with Crippen LogP contribution >= 0.6 is 0 Å². The van der Waals surface area contributed by atoms with Gasteiger partial charge in [0.25, 0.3) is 0 Å². The van der Waals surface area contributed by atoms with Crippen LogP contribution in [-0.4, -0.2) is 30.2 Å². The van der Waals surface area contributed by atoms with Crippen LogP contribution in [0.1, 0.15) is 33.1 Å². The van der Waals surface area contributed by atoms with E-state index in [2.05, 4.69) is 10.3 Å². The molecule has 4 nitrogen and oxygen atoms in total. The summed E-state index contributed by atoms with van der Waals surface area (Å²) in [6, 6.07) is 10.0. The second-order valence-electron chi connectivity index (χ2n) is 6.48. The standard InChI is InChI=1S/C18H24N2O2/c1-18(2)11-16(21)15(17(22)12-18)13-19-9-6-10-20-14-7-4-3-5-8-14/h3-5,7-8,13,20-21H,6,9-12H2,1-2H3. The maximum atomic E-state index is 12.0. The van der Waals surface area contributed by atoms with E-state index in [9.17, 15) is 9.90 Å². The van der Waals surface area contributed by atoms with Crippen LogP contribution < -0.4 is 5.32 Å². The van der Waals surface area contributed by atoms with Gasteiger partial charge in [-0.25, -0.2) is 0 Å². The molecule has 4 heteroatoms. The fourth-order valence-electron chi connectivity index (χ4n) is 2.56. The molecule has 0 spiro atoms. The Hall–Kier alpha value is -2.10. The van der Waals surface area contributed by atoms with Crippen molar-refractivity contribution < 1.29 is 9.90 Å². The first-order valence-corrected chi connectivity index (χ1v) is 7.72. The number of carbonyl (C=O) groups excluding carboxylic acids is 1. The van der Waals surface area contributed by atoms with Crippen LogP contribution in [-0.2, 0) is 4.79 Å². The molecule has 1 aromatic carbocycles. The van der Waals surface area contributed by atoms with E-state index in [-0.39, 0.29) is 17.0 Å². The highest BCUT2D eigenvalue weighted by atomic mass is 16.3. The van der Waals surface area contributed by atoms with E-state index in [0.717, 1.165) is 18.7 Å². The molecule has 0 aliphatic heterocycles. The van der Waals surface area contributed by atoms with E-state index in [1.807, 2.05) is 44.2 Å². The summed E-state index contributed by atoms with van der Waals surface area (Å²) in [7, 11) is 0. The average molecular weight is 300 g/mol. The molecule has 0 amide bonds. The van der Waals surface area contributed by atoms with Crippen molar-refractivity contribution in [1.29, 1.82) is 0 Å². The van der Waals surface area contributed by atoms with Crippen LogP contribution in [0.25, 0.3) is 0 Å². The smallest absolute Gasteiger partial charge is 0.168 e. The largest absolute Gasteiger partial charge is 0.511 e. The average Bonchev–Trinajstić information content (AvgIpc) is 2.45. The molecule has 0 fully saturated rings. The van der Waals surface area contributed by atoms with Gasteiger partial charge in [0.1, 0.15) is 5.76 Å². The summed E-state index contributed by atoms with van der Waals surface area (Å²) >= 11 is 0. The molecule has 0 saturated carbocycles. The predicted octanol–water partition coefficient (Wildman–Crippen LogP) is 3.76. The molecule has 0 bridgehead atoms. The molecular weight excluding hydrogens is 276 g/mol.